The van der Waals surface area contributed by atoms with Crippen molar-refractivity contribution in [2.24, 2.45) is 0 Å². The average Bonchev–Trinajstić information content (AvgIpc) is 2.06. The van der Waals surface area contributed by atoms with Crippen molar-refractivity contribution < 1.29 is 0 Å². The first-order chi connectivity index (χ1) is 6.09. The van der Waals surface area contributed by atoms with Crippen LogP contribution in [-0.4, -0.2) is 0 Å². The van der Waals surface area contributed by atoms with Crippen molar-refractivity contribution in [1.82, 2.24) is 0 Å². The molecule has 0 fully saturated rings. The molecule has 0 saturated carbocycles. The molecule has 2 rings (SSSR count). The van der Waals surface area contributed by atoms with E-state index in [4.69, 9.17) is 0 Å². The van der Waals surface area contributed by atoms with Crippen molar-refractivity contribution in [1.29, 1.82) is 0 Å². The summed E-state index contributed by atoms with van der Waals surface area (Å²) in [6.07, 6.45) is 5.61. The zero-order valence-electron chi connectivity index (χ0n) is 7.97. The van der Waals surface area contributed by atoms with Crippen LogP contribution in [0.5, 0.6) is 0 Å². The lowest BCUT2D eigenvalue weighted by Gasteiger charge is -2.29. The van der Waals surface area contributed by atoms with Gasteiger partial charge in [0.2, 0.25) is 0 Å². The van der Waals surface area contributed by atoms with Crippen LogP contribution in [0.15, 0.2) is 28.7 Å². The maximum absolute atomic E-state index is 3.52. The molecule has 0 saturated heterocycles. The summed E-state index contributed by atoms with van der Waals surface area (Å²) in [6.45, 7) is 4.59. The summed E-state index contributed by atoms with van der Waals surface area (Å²) >= 11 is 3.52. The van der Waals surface area contributed by atoms with E-state index in [1.165, 1.54) is 15.6 Å². The number of hydrogen-bond donors (Lipinski definition) is 0. The lowest BCUT2D eigenvalue weighted by atomic mass is 9.76. The fourth-order valence-corrected chi connectivity index (χ4v) is 2.21. The molecular weight excluding hydrogens is 224 g/mol. The fourth-order valence-electron chi connectivity index (χ4n) is 1.85. The van der Waals surface area contributed by atoms with E-state index in [2.05, 4.69) is 60.1 Å². The molecular formula is C12H13Br. The lowest BCUT2D eigenvalue weighted by molar-refractivity contribution is 0.528. The second-order valence-electron chi connectivity index (χ2n) is 4.22. The summed E-state index contributed by atoms with van der Waals surface area (Å²) in [5.41, 5.74) is 3.09. The van der Waals surface area contributed by atoms with Gasteiger partial charge < -0.3 is 0 Å². The van der Waals surface area contributed by atoms with Gasteiger partial charge in [0.15, 0.2) is 0 Å². The molecule has 0 atom stereocenters. The van der Waals surface area contributed by atoms with Gasteiger partial charge in [-0.15, -0.1) is 0 Å². The van der Waals surface area contributed by atoms with Crippen molar-refractivity contribution >= 4 is 22.0 Å². The summed E-state index contributed by atoms with van der Waals surface area (Å²) in [5, 5.41) is 0. The van der Waals surface area contributed by atoms with E-state index in [-0.39, 0.29) is 5.41 Å². The first-order valence-electron chi connectivity index (χ1n) is 4.56. The molecule has 0 N–H and O–H groups in total. The Balaban J connectivity index is 2.62. The number of fused-ring (bicyclic) bond motifs is 1. The average molecular weight is 237 g/mol. The zero-order valence-corrected chi connectivity index (χ0v) is 9.56. The molecule has 0 bridgehead atoms. The van der Waals surface area contributed by atoms with Crippen molar-refractivity contribution in [3.8, 4) is 0 Å². The van der Waals surface area contributed by atoms with Gasteiger partial charge in [-0.3, -0.25) is 0 Å². The van der Waals surface area contributed by atoms with E-state index >= 15 is 0 Å². The van der Waals surface area contributed by atoms with Gasteiger partial charge in [-0.1, -0.05) is 48.0 Å². The van der Waals surface area contributed by atoms with Crippen LogP contribution in [-0.2, 0) is 5.41 Å². The molecule has 0 aliphatic heterocycles. The third-order valence-corrected chi connectivity index (χ3v) is 3.16. The van der Waals surface area contributed by atoms with Gasteiger partial charge in [0.25, 0.3) is 0 Å². The third-order valence-electron chi connectivity index (χ3n) is 2.67. The van der Waals surface area contributed by atoms with Gasteiger partial charge in [-0.05, 0) is 35.1 Å². The lowest BCUT2D eigenvalue weighted by Crippen LogP contribution is -2.19. The van der Waals surface area contributed by atoms with E-state index in [0.717, 1.165) is 6.42 Å². The molecule has 1 aromatic carbocycles. The maximum atomic E-state index is 3.52. The number of halogens is 1. The van der Waals surface area contributed by atoms with Crippen LogP contribution in [0.3, 0.4) is 0 Å². The first kappa shape index (κ1) is 9.01. The summed E-state index contributed by atoms with van der Waals surface area (Å²) in [4.78, 5) is 0. The van der Waals surface area contributed by atoms with Gasteiger partial charge in [0, 0.05) is 4.47 Å². The Bertz CT molecular complexity index is 361. The number of hydrogen-bond acceptors (Lipinski definition) is 0. The molecule has 1 aliphatic carbocycles. The summed E-state index contributed by atoms with van der Waals surface area (Å²) in [7, 11) is 0. The standard InChI is InChI=1S/C12H13Br/c1-12(2)7-3-4-9-5-6-10(13)8-11(9)12/h3-6,8H,7H2,1-2H3. The van der Waals surface area contributed by atoms with Crippen LogP contribution in [0.25, 0.3) is 6.08 Å². The third kappa shape index (κ3) is 1.58. The topological polar surface area (TPSA) is 0 Å². The van der Waals surface area contributed by atoms with Crippen molar-refractivity contribution in [3.05, 3.63) is 39.9 Å². The number of benzene rings is 1. The van der Waals surface area contributed by atoms with Crippen molar-refractivity contribution in [2.45, 2.75) is 25.7 Å². The van der Waals surface area contributed by atoms with E-state index in [0.29, 0.717) is 0 Å². The Hall–Kier alpha value is -0.560. The molecule has 0 radical (unpaired) electrons. The Morgan fingerprint density at radius 1 is 1.31 bits per heavy atom. The molecule has 0 nitrogen and oxygen atoms in total. The predicted octanol–water partition coefficient (Wildman–Crippen LogP) is 4.14. The fraction of sp³-hybridized carbons (Fsp3) is 0.333. The van der Waals surface area contributed by atoms with E-state index in [1.54, 1.807) is 0 Å². The summed E-state index contributed by atoms with van der Waals surface area (Å²) in [5.74, 6) is 0. The summed E-state index contributed by atoms with van der Waals surface area (Å²) < 4.78 is 1.18. The minimum Gasteiger partial charge on any atom is -0.0831 e. The highest BCUT2D eigenvalue weighted by molar-refractivity contribution is 9.10. The van der Waals surface area contributed by atoms with Gasteiger partial charge in [0.1, 0.15) is 0 Å². The van der Waals surface area contributed by atoms with Crippen LogP contribution < -0.4 is 0 Å². The Labute approximate surface area is 87.8 Å². The van der Waals surface area contributed by atoms with Gasteiger partial charge >= 0.3 is 0 Å². The summed E-state index contributed by atoms with van der Waals surface area (Å²) in [6, 6.07) is 6.51. The second kappa shape index (κ2) is 2.98. The van der Waals surface area contributed by atoms with E-state index in [9.17, 15) is 0 Å². The highest BCUT2D eigenvalue weighted by Crippen LogP contribution is 2.36. The minimum absolute atomic E-state index is 0.286. The van der Waals surface area contributed by atoms with Gasteiger partial charge in [-0.2, -0.15) is 0 Å². The Morgan fingerprint density at radius 2 is 2.08 bits per heavy atom. The quantitative estimate of drug-likeness (QED) is 0.636. The Morgan fingerprint density at radius 3 is 2.85 bits per heavy atom. The zero-order chi connectivity index (χ0) is 9.47. The molecule has 0 spiro atoms. The van der Waals surface area contributed by atoms with Crippen molar-refractivity contribution in [3.63, 3.8) is 0 Å². The minimum atomic E-state index is 0.286. The van der Waals surface area contributed by atoms with Crippen molar-refractivity contribution in [2.75, 3.05) is 0 Å². The number of rotatable bonds is 0. The first-order valence-corrected chi connectivity index (χ1v) is 5.35. The van der Waals surface area contributed by atoms with Crippen LogP contribution in [0, 0.1) is 0 Å². The molecule has 0 unspecified atom stereocenters. The molecule has 68 valence electrons. The van der Waals surface area contributed by atoms with E-state index in [1.807, 2.05) is 0 Å². The van der Waals surface area contributed by atoms with Crippen LogP contribution in [0.1, 0.15) is 31.4 Å². The molecule has 13 heavy (non-hydrogen) atoms. The second-order valence-corrected chi connectivity index (χ2v) is 5.14. The molecule has 0 aromatic heterocycles. The normalized spacial score (nSPS) is 18.4. The molecule has 1 heteroatoms. The largest absolute Gasteiger partial charge is 0.0831 e. The molecule has 0 heterocycles. The number of allylic oxidation sites excluding steroid dienone is 1. The Kier molecular flexibility index (Phi) is 2.07. The van der Waals surface area contributed by atoms with Gasteiger partial charge in [0.05, 0.1) is 0 Å². The van der Waals surface area contributed by atoms with Crippen LogP contribution >= 0.6 is 15.9 Å². The monoisotopic (exact) mass is 236 g/mol. The molecule has 1 aromatic rings. The highest BCUT2D eigenvalue weighted by atomic mass is 79.9. The van der Waals surface area contributed by atoms with Crippen LogP contribution in [0.2, 0.25) is 0 Å². The molecule has 0 amide bonds. The molecule has 1 aliphatic rings. The predicted molar refractivity (Wildman–Crippen MR) is 60.8 cm³/mol. The van der Waals surface area contributed by atoms with E-state index < -0.39 is 0 Å². The smallest absolute Gasteiger partial charge is 0.0178 e. The SMILES string of the molecule is CC1(C)CC=Cc2ccc(Br)cc21. The highest BCUT2D eigenvalue weighted by Gasteiger charge is 2.24. The van der Waals surface area contributed by atoms with Gasteiger partial charge in [-0.25, -0.2) is 0 Å². The maximum Gasteiger partial charge on any atom is 0.0178 e. The van der Waals surface area contributed by atoms with Crippen LogP contribution in [0.4, 0.5) is 0 Å².